The van der Waals surface area contributed by atoms with Crippen LogP contribution in [0.1, 0.15) is 28.8 Å². The lowest BCUT2D eigenvalue weighted by Crippen LogP contribution is -2.52. The first kappa shape index (κ1) is 16.8. The van der Waals surface area contributed by atoms with Gasteiger partial charge in [-0.3, -0.25) is 24.7 Å². The maximum atomic E-state index is 12.9. The largest absolute Gasteiger partial charge is 0.322 e. The summed E-state index contributed by atoms with van der Waals surface area (Å²) in [6, 6.07) is 4.87. The zero-order valence-corrected chi connectivity index (χ0v) is 15.3. The fourth-order valence-electron chi connectivity index (χ4n) is 3.53. The smallest absolute Gasteiger partial charge is 0.255 e. The van der Waals surface area contributed by atoms with E-state index < -0.39 is 11.9 Å². The van der Waals surface area contributed by atoms with Crippen LogP contribution in [0.4, 0.5) is 0 Å². The van der Waals surface area contributed by atoms with Crippen molar-refractivity contribution < 1.29 is 14.4 Å². The van der Waals surface area contributed by atoms with Gasteiger partial charge >= 0.3 is 0 Å². The summed E-state index contributed by atoms with van der Waals surface area (Å²) < 4.78 is 1.61. The Morgan fingerprint density at radius 3 is 2.89 bits per heavy atom. The topological polar surface area (TPSA) is 110 Å². The number of rotatable bonds is 3. The average molecular weight is 394 g/mol. The van der Waals surface area contributed by atoms with Crippen molar-refractivity contribution >= 4 is 29.1 Å². The van der Waals surface area contributed by atoms with Crippen molar-refractivity contribution in [2.75, 3.05) is 0 Å². The molecule has 1 unspecified atom stereocenters. The zero-order valence-electron chi connectivity index (χ0n) is 14.5. The number of carbonyl (C=O) groups is 3. The molecule has 1 saturated heterocycles. The first-order valence-corrected chi connectivity index (χ1v) is 9.57. The first-order valence-electron chi connectivity index (χ1n) is 8.69. The minimum atomic E-state index is -0.620. The SMILES string of the molecule is O=C1CCC(N2Cc3ccc(-n4cc(-c5cncs5)nn4)cc3C2=O)C(=O)N1. The first-order chi connectivity index (χ1) is 13.6. The highest BCUT2D eigenvalue weighted by molar-refractivity contribution is 7.13. The summed E-state index contributed by atoms with van der Waals surface area (Å²) in [5, 5.41) is 10.6. The third-order valence-corrected chi connectivity index (χ3v) is 5.75. The standard InChI is InChI=1S/C18H14N6O3S/c25-16-4-3-14(17(26)20-16)23-7-10-1-2-11(5-12(10)18(23)27)24-8-13(21-22-24)15-6-19-9-28-15/h1-2,5-6,8-9,14H,3-4,7H2,(H,20,25,26). The molecule has 3 aromatic rings. The molecule has 4 heterocycles. The Bertz CT molecular complexity index is 1110. The molecule has 1 aromatic carbocycles. The molecular formula is C18H14N6O3S. The molecule has 28 heavy (non-hydrogen) atoms. The van der Waals surface area contributed by atoms with Gasteiger partial charge in [0.25, 0.3) is 5.91 Å². The third kappa shape index (κ3) is 2.69. The van der Waals surface area contributed by atoms with Gasteiger partial charge in [0, 0.05) is 24.7 Å². The normalized spacial score (nSPS) is 19.1. The summed E-state index contributed by atoms with van der Waals surface area (Å²) >= 11 is 1.47. The van der Waals surface area contributed by atoms with Gasteiger partial charge in [0.05, 0.1) is 22.3 Å². The quantitative estimate of drug-likeness (QED) is 0.668. The zero-order chi connectivity index (χ0) is 19.3. The second-order valence-electron chi connectivity index (χ2n) is 6.66. The lowest BCUT2D eigenvalue weighted by Gasteiger charge is -2.29. The molecule has 0 saturated carbocycles. The molecule has 0 spiro atoms. The fourth-order valence-corrected chi connectivity index (χ4v) is 4.10. The lowest BCUT2D eigenvalue weighted by atomic mass is 10.0. The van der Waals surface area contributed by atoms with Gasteiger partial charge in [0.1, 0.15) is 11.7 Å². The number of imide groups is 1. The van der Waals surface area contributed by atoms with Crippen LogP contribution in [-0.4, -0.2) is 48.6 Å². The maximum Gasteiger partial charge on any atom is 0.255 e. The number of carbonyl (C=O) groups excluding carboxylic acids is 3. The van der Waals surface area contributed by atoms with E-state index in [1.807, 2.05) is 12.1 Å². The predicted octanol–water partition coefficient (Wildman–Crippen LogP) is 1.15. The van der Waals surface area contributed by atoms with Crippen molar-refractivity contribution in [1.82, 2.24) is 30.2 Å². The van der Waals surface area contributed by atoms with Crippen LogP contribution in [0, 0.1) is 0 Å². The Kier molecular flexibility index (Phi) is 3.79. The highest BCUT2D eigenvalue weighted by Crippen LogP contribution is 2.29. The molecule has 2 aliphatic heterocycles. The van der Waals surface area contributed by atoms with E-state index in [0.29, 0.717) is 29.9 Å². The van der Waals surface area contributed by atoms with Crippen molar-refractivity contribution in [3.63, 3.8) is 0 Å². The number of thiazole rings is 1. The van der Waals surface area contributed by atoms with Gasteiger partial charge in [-0.2, -0.15) is 0 Å². The van der Waals surface area contributed by atoms with E-state index in [1.54, 1.807) is 28.7 Å². The highest BCUT2D eigenvalue weighted by atomic mass is 32.1. The number of nitrogens with one attached hydrogen (secondary N) is 1. The molecule has 0 aliphatic carbocycles. The van der Waals surface area contributed by atoms with Gasteiger partial charge in [-0.05, 0) is 24.1 Å². The summed E-state index contributed by atoms with van der Waals surface area (Å²) in [5.74, 6) is -0.923. The van der Waals surface area contributed by atoms with Crippen LogP contribution in [0.15, 0.2) is 36.1 Å². The average Bonchev–Trinajstić information content (AvgIpc) is 3.42. The number of hydrogen-bond acceptors (Lipinski definition) is 7. The lowest BCUT2D eigenvalue weighted by molar-refractivity contribution is -0.136. The van der Waals surface area contributed by atoms with Gasteiger partial charge in [-0.1, -0.05) is 11.3 Å². The molecule has 1 N–H and O–H groups in total. The van der Waals surface area contributed by atoms with Crippen LogP contribution < -0.4 is 5.32 Å². The number of aromatic nitrogens is 4. The van der Waals surface area contributed by atoms with Gasteiger partial charge in [0.2, 0.25) is 11.8 Å². The number of fused-ring (bicyclic) bond motifs is 1. The Morgan fingerprint density at radius 2 is 2.11 bits per heavy atom. The van der Waals surface area contributed by atoms with E-state index in [-0.39, 0.29) is 18.2 Å². The summed E-state index contributed by atoms with van der Waals surface area (Å²) in [5.41, 5.74) is 4.53. The minimum absolute atomic E-state index is 0.214. The molecule has 0 radical (unpaired) electrons. The van der Waals surface area contributed by atoms with Crippen LogP contribution in [-0.2, 0) is 16.1 Å². The van der Waals surface area contributed by atoms with Crippen molar-refractivity contribution in [3.8, 4) is 16.3 Å². The molecule has 0 bridgehead atoms. The fraction of sp³-hybridized carbons (Fsp3) is 0.222. The van der Waals surface area contributed by atoms with Crippen LogP contribution in [0.3, 0.4) is 0 Å². The minimum Gasteiger partial charge on any atom is -0.322 e. The summed E-state index contributed by atoms with van der Waals surface area (Å²) in [6.45, 7) is 0.351. The molecule has 5 rings (SSSR count). The number of piperidine rings is 1. The molecule has 9 nitrogen and oxygen atoms in total. The Balaban J connectivity index is 1.42. The molecule has 2 aliphatic rings. The molecule has 10 heteroatoms. The van der Waals surface area contributed by atoms with E-state index in [4.69, 9.17) is 0 Å². The van der Waals surface area contributed by atoms with Crippen molar-refractivity contribution in [2.45, 2.75) is 25.4 Å². The number of benzene rings is 1. The van der Waals surface area contributed by atoms with Gasteiger partial charge in [-0.25, -0.2) is 4.68 Å². The summed E-state index contributed by atoms with van der Waals surface area (Å²) in [4.78, 5) is 42.9. The Hall–Kier alpha value is -3.40. The molecule has 3 amide bonds. The monoisotopic (exact) mass is 394 g/mol. The summed E-state index contributed by atoms with van der Waals surface area (Å²) in [7, 11) is 0. The van der Waals surface area contributed by atoms with Crippen molar-refractivity contribution in [1.29, 1.82) is 0 Å². The molecule has 140 valence electrons. The number of nitrogens with zero attached hydrogens (tertiary/aromatic N) is 5. The summed E-state index contributed by atoms with van der Waals surface area (Å²) in [6.07, 6.45) is 4.09. The number of hydrogen-bond donors (Lipinski definition) is 1. The second kappa shape index (κ2) is 6.34. The van der Waals surface area contributed by atoms with Gasteiger partial charge < -0.3 is 4.90 Å². The van der Waals surface area contributed by atoms with E-state index >= 15 is 0 Å². The van der Waals surface area contributed by atoms with Crippen LogP contribution in [0.5, 0.6) is 0 Å². The maximum absolute atomic E-state index is 12.9. The second-order valence-corrected chi connectivity index (χ2v) is 7.54. The van der Waals surface area contributed by atoms with Crippen LogP contribution >= 0.6 is 11.3 Å². The van der Waals surface area contributed by atoms with E-state index in [2.05, 4.69) is 20.6 Å². The third-order valence-electron chi connectivity index (χ3n) is 4.95. The van der Waals surface area contributed by atoms with Gasteiger partial charge in [0.15, 0.2) is 0 Å². The van der Waals surface area contributed by atoms with Crippen LogP contribution in [0.25, 0.3) is 16.3 Å². The number of amides is 3. The van der Waals surface area contributed by atoms with Crippen LogP contribution in [0.2, 0.25) is 0 Å². The van der Waals surface area contributed by atoms with Crippen molar-refractivity contribution in [3.05, 3.63) is 47.2 Å². The predicted molar refractivity (Wildman–Crippen MR) is 98.5 cm³/mol. The van der Waals surface area contributed by atoms with Crippen molar-refractivity contribution in [2.24, 2.45) is 0 Å². The molecular weight excluding hydrogens is 380 g/mol. The molecule has 1 fully saturated rings. The Labute approximate surface area is 163 Å². The highest BCUT2D eigenvalue weighted by Gasteiger charge is 2.39. The van der Waals surface area contributed by atoms with E-state index in [0.717, 1.165) is 10.4 Å². The van der Waals surface area contributed by atoms with Gasteiger partial charge in [-0.15, -0.1) is 16.4 Å². The molecule has 1 atom stereocenters. The Morgan fingerprint density at radius 1 is 1.21 bits per heavy atom. The van der Waals surface area contributed by atoms with E-state index in [9.17, 15) is 14.4 Å². The van der Waals surface area contributed by atoms with E-state index in [1.165, 1.54) is 16.2 Å². The molecule has 2 aromatic heterocycles.